The first-order chi connectivity index (χ1) is 7.22. The highest BCUT2D eigenvalue weighted by Gasteiger charge is 2.14. The summed E-state index contributed by atoms with van der Waals surface area (Å²) in [6.07, 6.45) is 7.18. The van der Waals surface area contributed by atoms with Gasteiger partial charge in [0.25, 0.3) is 0 Å². The minimum absolute atomic E-state index is 0.165. The van der Waals surface area contributed by atoms with Gasteiger partial charge in [0.2, 0.25) is 5.91 Å². The molecule has 3 heteroatoms. The Hall–Kier alpha value is -0.570. The van der Waals surface area contributed by atoms with Crippen molar-refractivity contribution in [1.29, 1.82) is 0 Å². The molecule has 0 heterocycles. The van der Waals surface area contributed by atoms with Gasteiger partial charge in [0.1, 0.15) is 0 Å². The second-order valence-corrected chi connectivity index (χ2v) is 4.85. The van der Waals surface area contributed by atoms with Crippen LogP contribution in [0.25, 0.3) is 0 Å². The van der Waals surface area contributed by atoms with Gasteiger partial charge in [-0.1, -0.05) is 26.2 Å². The van der Waals surface area contributed by atoms with Crippen molar-refractivity contribution in [2.45, 2.75) is 45.4 Å². The van der Waals surface area contributed by atoms with Crippen LogP contribution in [0.1, 0.15) is 45.4 Å². The fourth-order valence-electron chi connectivity index (χ4n) is 2.12. The van der Waals surface area contributed by atoms with Crippen LogP contribution in [0.15, 0.2) is 0 Å². The monoisotopic (exact) mass is 212 g/mol. The van der Waals surface area contributed by atoms with Crippen molar-refractivity contribution in [1.82, 2.24) is 5.32 Å². The molecule has 0 aromatic heterocycles. The highest BCUT2D eigenvalue weighted by Crippen LogP contribution is 2.22. The lowest BCUT2D eigenvalue weighted by Crippen LogP contribution is -2.32. The van der Waals surface area contributed by atoms with Crippen molar-refractivity contribution >= 4 is 5.91 Å². The topological polar surface area (TPSA) is 55.1 Å². The Morgan fingerprint density at radius 2 is 2.07 bits per heavy atom. The number of rotatable bonds is 5. The standard InChI is InChI=1S/C12H24N2O/c1-10(8-13)7-12(15)14-9-11-5-3-2-4-6-11/h10-11H,2-9,13H2,1H3,(H,14,15). The van der Waals surface area contributed by atoms with Crippen molar-refractivity contribution < 1.29 is 4.79 Å². The maximum absolute atomic E-state index is 11.5. The van der Waals surface area contributed by atoms with Gasteiger partial charge in [0.15, 0.2) is 0 Å². The summed E-state index contributed by atoms with van der Waals surface area (Å²) in [6.45, 7) is 3.48. The molecule has 1 atom stereocenters. The minimum Gasteiger partial charge on any atom is -0.356 e. The van der Waals surface area contributed by atoms with Crippen LogP contribution in [0, 0.1) is 11.8 Å². The maximum atomic E-state index is 11.5. The third-order valence-electron chi connectivity index (χ3n) is 3.25. The third kappa shape index (κ3) is 5.17. The molecule has 1 unspecified atom stereocenters. The van der Waals surface area contributed by atoms with E-state index in [0.29, 0.717) is 18.9 Å². The zero-order valence-electron chi connectivity index (χ0n) is 9.80. The molecular weight excluding hydrogens is 188 g/mol. The second kappa shape index (κ2) is 6.83. The highest BCUT2D eigenvalue weighted by atomic mass is 16.1. The van der Waals surface area contributed by atoms with E-state index in [9.17, 15) is 4.79 Å². The first-order valence-electron chi connectivity index (χ1n) is 6.19. The van der Waals surface area contributed by atoms with Gasteiger partial charge in [0, 0.05) is 13.0 Å². The van der Waals surface area contributed by atoms with E-state index in [1.54, 1.807) is 0 Å². The van der Waals surface area contributed by atoms with Crippen molar-refractivity contribution in [2.24, 2.45) is 17.6 Å². The predicted molar refractivity (Wildman–Crippen MR) is 62.4 cm³/mol. The summed E-state index contributed by atoms with van der Waals surface area (Å²) in [5, 5.41) is 3.02. The molecule has 0 spiro atoms. The van der Waals surface area contributed by atoms with Gasteiger partial charge >= 0.3 is 0 Å². The molecule has 0 bridgehead atoms. The summed E-state index contributed by atoms with van der Waals surface area (Å²) in [4.78, 5) is 11.5. The lowest BCUT2D eigenvalue weighted by molar-refractivity contribution is -0.122. The van der Waals surface area contributed by atoms with Gasteiger partial charge in [-0.15, -0.1) is 0 Å². The molecule has 88 valence electrons. The second-order valence-electron chi connectivity index (χ2n) is 4.85. The largest absolute Gasteiger partial charge is 0.356 e. The van der Waals surface area contributed by atoms with Gasteiger partial charge in [0.05, 0.1) is 0 Å². The highest BCUT2D eigenvalue weighted by molar-refractivity contribution is 5.76. The molecule has 1 saturated carbocycles. The summed E-state index contributed by atoms with van der Waals surface area (Å²) < 4.78 is 0. The summed E-state index contributed by atoms with van der Waals surface area (Å²) in [6, 6.07) is 0. The Morgan fingerprint density at radius 3 is 2.67 bits per heavy atom. The minimum atomic E-state index is 0.165. The van der Waals surface area contributed by atoms with Gasteiger partial charge in [-0.25, -0.2) is 0 Å². The summed E-state index contributed by atoms with van der Waals surface area (Å²) in [7, 11) is 0. The number of amides is 1. The number of hydrogen-bond donors (Lipinski definition) is 2. The summed E-state index contributed by atoms with van der Waals surface area (Å²) in [5.41, 5.74) is 5.48. The fraction of sp³-hybridized carbons (Fsp3) is 0.917. The van der Waals surface area contributed by atoms with Crippen molar-refractivity contribution in [3.8, 4) is 0 Å². The molecule has 0 aromatic carbocycles. The van der Waals surface area contributed by atoms with E-state index in [4.69, 9.17) is 5.73 Å². The Labute approximate surface area is 92.8 Å². The van der Waals surface area contributed by atoms with E-state index in [1.807, 2.05) is 6.92 Å². The van der Waals surface area contributed by atoms with Crippen molar-refractivity contribution in [2.75, 3.05) is 13.1 Å². The molecule has 1 fully saturated rings. The molecule has 1 aliphatic carbocycles. The molecule has 0 saturated heterocycles. The average molecular weight is 212 g/mol. The molecule has 3 nitrogen and oxygen atoms in total. The fourth-order valence-corrected chi connectivity index (χ4v) is 2.12. The Kier molecular flexibility index (Phi) is 5.69. The van der Waals surface area contributed by atoms with Gasteiger partial charge in [-0.2, -0.15) is 0 Å². The van der Waals surface area contributed by atoms with Gasteiger partial charge < -0.3 is 11.1 Å². The Balaban J connectivity index is 2.10. The zero-order valence-corrected chi connectivity index (χ0v) is 9.80. The first-order valence-corrected chi connectivity index (χ1v) is 6.19. The smallest absolute Gasteiger partial charge is 0.220 e. The maximum Gasteiger partial charge on any atom is 0.220 e. The van der Waals surface area contributed by atoms with Crippen LogP contribution in [-0.4, -0.2) is 19.0 Å². The van der Waals surface area contributed by atoms with E-state index in [0.717, 1.165) is 12.5 Å². The molecule has 3 N–H and O–H groups in total. The molecule has 15 heavy (non-hydrogen) atoms. The number of nitrogens with one attached hydrogen (secondary N) is 1. The molecule has 1 amide bonds. The number of hydrogen-bond acceptors (Lipinski definition) is 2. The van der Waals surface area contributed by atoms with E-state index in [1.165, 1.54) is 32.1 Å². The lowest BCUT2D eigenvalue weighted by Gasteiger charge is -2.22. The first kappa shape index (κ1) is 12.5. The molecular formula is C12H24N2O. The van der Waals surface area contributed by atoms with Crippen LogP contribution in [-0.2, 0) is 4.79 Å². The Bertz CT molecular complexity index is 188. The average Bonchev–Trinajstić information content (AvgIpc) is 2.27. The Morgan fingerprint density at radius 1 is 1.40 bits per heavy atom. The number of carbonyl (C=O) groups is 1. The van der Waals surface area contributed by atoms with Crippen LogP contribution in [0.3, 0.4) is 0 Å². The third-order valence-corrected chi connectivity index (χ3v) is 3.25. The summed E-state index contributed by atoms with van der Waals surface area (Å²) in [5.74, 6) is 1.19. The zero-order chi connectivity index (χ0) is 11.1. The van der Waals surface area contributed by atoms with Crippen LogP contribution in [0.4, 0.5) is 0 Å². The normalized spacial score (nSPS) is 19.9. The van der Waals surface area contributed by atoms with Crippen molar-refractivity contribution in [3.05, 3.63) is 0 Å². The van der Waals surface area contributed by atoms with Gasteiger partial charge in [-0.3, -0.25) is 4.79 Å². The molecule has 1 aliphatic rings. The van der Waals surface area contributed by atoms with Crippen LogP contribution in [0.5, 0.6) is 0 Å². The van der Waals surface area contributed by atoms with Gasteiger partial charge in [-0.05, 0) is 31.2 Å². The molecule has 0 radical (unpaired) electrons. The lowest BCUT2D eigenvalue weighted by atomic mass is 9.89. The predicted octanol–water partition coefficient (Wildman–Crippen LogP) is 1.67. The van der Waals surface area contributed by atoms with Crippen LogP contribution in [0.2, 0.25) is 0 Å². The molecule has 0 aromatic rings. The number of nitrogens with two attached hydrogens (primary N) is 1. The van der Waals surface area contributed by atoms with E-state index >= 15 is 0 Å². The number of carbonyl (C=O) groups excluding carboxylic acids is 1. The van der Waals surface area contributed by atoms with Crippen molar-refractivity contribution in [3.63, 3.8) is 0 Å². The SMILES string of the molecule is CC(CN)CC(=O)NCC1CCCCC1. The van der Waals surface area contributed by atoms with Crippen LogP contribution >= 0.6 is 0 Å². The van der Waals surface area contributed by atoms with E-state index in [-0.39, 0.29) is 5.91 Å². The van der Waals surface area contributed by atoms with E-state index < -0.39 is 0 Å². The van der Waals surface area contributed by atoms with E-state index in [2.05, 4.69) is 5.32 Å². The summed E-state index contributed by atoms with van der Waals surface area (Å²) >= 11 is 0. The quantitative estimate of drug-likeness (QED) is 0.728. The van der Waals surface area contributed by atoms with Crippen LogP contribution < -0.4 is 11.1 Å². The molecule has 1 rings (SSSR count). The molecule has 0 aliphatic heterocycles.